The summed E-state index contributed by atoms with van der Waals surface area (Å²) in [5, 5.41) is 7.84. The zero-order valence-electron chi connectivity index (χ0n) is 9.58. The Hall–Kier alpha value is -0.390. The van der Waals surface area contributed by atoms with Crippen LogP contribution in [0.1, 0.15) is 18.5 Å². The molecule has 1 aromatic rings. The number of hydrogen-bond acceptors (Lipinski definition) is 3. The maximum Gasteiger partial charge on any atom is 0.0658 e. The topological polar surface area (TPSA) is 39.1 Å². The van der Waals surface area contributed by atoms with Crippen molar-refractivity contribution in [2.45, 2.75) is 31.8 Å². The molecule has 0 aromatic carbocycles. The van der Waals surface area contributed by atoms with Crippen LogP contribution in [0.4, 0.5) is 0 Å². The molecule has 0 unspecified atom stereocenters. The van der Waals surface area contributed by atoms with Crippen LogP contribution in [-0.4, -0.2) is 36.1 Å². The Balaban J connectivity index is 1.85. The highest BCUT2D eigenvalue weighted by Crippen LogP contribution is 2.20. The molecule has 0 saturated heterocycles. The van der Waals surface area contributed by atoms with Gasteiger partial charge in [0, 0.05) is 26.1 Å². The summed E-state index contributed by atoms with van der Waals surface area (Å²) in [5.41, 5.74) is 1.25. The molecule has 0 atom stereocenters. The molecule has 0 amide bonds. The summed E-state index contributed by atoms with van der Waals surface area (Å²) in [6.45, 7) is 2.56. The SMILES string of the molecule is COCCn1ncc(Br)c1CCNC1CC1. The minimum atomic E-state index is 0.706. The summed E-state index contributed by atoms with van der Waals surface area (Å²) in [6, 6.07) is 0.772. The van der Waals surface area contributed by atoms with Crippen molar-refractivity contribution in [2.24, 2.45) is 0 Å². The third-order valence-corrected chi connectivity index (χ3v) is 3.44. The molecule has 1 saturated carbocycles. The van der Waals surface area contributed by atoms with Gasteiger partial charge in [-0.3, -0.25) is 4.68 Å². The standard InChI is InChI=1S/C11H18BrN3O/c1-16-7-6-15-11(10(12)8-14-15)4-5-13-9-2-3-9/h8-9,13H,2-7H2,1H3. The predicted molar refractivity (Wildman–Crippen MR) is 66.5 cm³/mol. The van der Waals surface area contributed by atoms with Gasteiger partial charge in [-0.15, -0.1) is 0 Å². The van der Waals surface area contributed by atoms with Crippen LogP contribution in [0.15, 0.2) is 10.7 Å². The second kappa shape index (κ2) is 5.80. The van der Waals surface area contributed by atoms with Gasteiger partial charge in [-0.25, -0.2) is 0 Å². The molecule has 1 N–H and O–H groups in total. The fourth-order valence-corrected chi connectivity index (χ4v) is 2.18. The van der Waals surface area contributed by atoms with Crippen LogP contribution < -0.4 is 5.32 Å². The van der Waals surface area contributed by atoms with Gasteiger partial charge >= 0.3 is 0 Å². The van der Waals surface area contributed by atoms with Gasteiger partial charge in [0.1, 0.15) is 0 Å². The Morgan fingerprint density at radius 3 is 3.12 bits per heavy atom. The quantitative estimate of drug-likeness (QED) is 0.828. The van der Waals surface area contributed by atoms with Gasteiger partial charge in [0.2, 0.25) is 0 Å². The zero-order chi connectivity index (χ0) is 11.4. The van der Waals surface area contributed by atoms with Crippen molar-refractivity contribution >= 4 is 15.9 Å². The van der Waals surface area contributed by atoms with Crippen molar-refractivity contribution in [1.82, 2.24) is 15.1 Å². The first-order valence-corrected chi connectivity index (χ1v) is 6.53. The molecule has 1 fully saturated rings. The minimum absolute atomic E-state index is 0.706. The lowest BCUT2D eigenvalue weighted by Crippen LogP contribution is -2.21. The largest absolute Gasteiger partial charge is 0.383 e. The number of nitrogens with zero attached hydrogens (tertiary/aromatic N) is 2. The van der Waals surface area contributed by atoms with E-state index in [2.05, 4.69) is 26.3 Å². The second-order valence-corrected chi connectivity index (χ2v) is 4.99. The number of nitrogens with one attached hydrogen (secondary N) is 1. The smallest absolute Gasteiger partial charge is 0.0658 e. The molecule has 0 radical (unpaired) electrons. The van der Waals surface area contributed by atoms with Crippen molar-refractivity contribution in [3.63, 3.8) is 0 Å². The van der Waals surface area contributed by atoms with Gasteiger partial charge in [-0.05, 0) is 28.8 Å². The Labute approximate surface area is 104 Å². The first kappa shape index (κ1) is 12.1. The van der Waals surface area contributed by atoms with E-state index in [1.807, 2.05) is 10.9 Å². The minimum Gasteiger partial charge on any atom is -0.383 e. The van der Waals surface area contributed by atoms with Gasteiger partial charge < -0.3 is 10.1 Å². The molecule has 90 valence electrons. The van der Waals surface area contributed by atoms with Gasteiger partial charge in [-0.1, -0.05) is 0 Å². The molecule has 0 aliphatic heterocycles. The third kappa shape index (κ3) is 3.30. The molecule has 1 aromatic heterocycles. The number of hydrogen-bond donors (Lipinski definition) is 1. The van der Waals surface area contributed by atoms with Gasteiger partial charge in [0.25, 0.3) is 0 Å². The first-order valence-electron chi connectivity index (χ1n) is 5.73. The maximum atomic E-state index is 5.07. The van der Waals surface area contributed by atoms with Crippen molar-refractivity contribution in [2.75, 3.05) is 20.3 Å². The Bertz CT molecular complexity index is 336. The lowest BCUT2D eigenvalue weighted by Gasteiger charge is -2.08. The van der Waals surface area contributed by atoms with E-state index in [1.165, 1.54) is 18.5 Å². The molecular formula is C11H18BrN3O. The highest BCUT2D eigenvalue weighted by Gasteiger charge is 2.20. The van der Waals surface area contributed by atoms with E-state index in [0.717, 1.165) is 30.0 Å². The molecule has 5 heteroatoms. The Morgan fingerprint density at radius 1 is 1.62 bits per heavy atom. The lowest BCUT2D eigenvalue weighted by molar-refractivity contribution is 0.182. The zero-order valence-corrected chi connectivity index (χ0v) is 11.2. The van der Waals surface area contributed by atoms with E-state index in [0.29, 0.717) is 6.61 Å². The molecule has 0 bridgehead atoms. The van der Waals surface area contributed by atoms with E-state index in [4.69, 9.17) is 4.74 Å². The molecule has 1 aliphatic carbocycles. The number of rotatable bonds is 7. The highest BCUT2D eigenvalue weighted by molar-refractivity contribution is 9.10. The maximum absolute atomic E-state index is 5.07. The van der Waals surface area contributed by atoms with Gasteiger partial charge in [0.05, 0.1) is 29.5 Å². The van der Waals surface area contributed by atoms with Crippen LogP contribution in [0.2, 0.25) is 0 Å². The normalized spacial score (nSPS) is 15.6. The summed E-state index contributed by atoms with van der Waals surface area (Å²) in [5.74, 6) is 0. The third-order valence-electron chi connectivity index (χ3n) is 2.78. The molecule has 1 aliphatic rings. The van der Waals surface area contributed by atoms with Crippen LogP contribution >= 0.6 is 15.9 Å². The summed E-state index contributed by atoms with van der Waals surface area (Å²) in [7, 11) is 1.72. The summed E-state index contributed by atoms with van der Waals surface area (Å²) in [4.78, 5) is 0. The Morgan fingerprint density at radius 2 is 2.44 bits per heavy atom. The van der Waals surface area contributed by atoms with Gasteiger partial charge in [-0.2, -0.15) is 5.10 Å². The molecule has 16 heavy (non-hydrogen) atoms. The van der Waals surface area contributed by atoms with E-state index in [1.54, 1.807) is 7.11 Å². The van der Waals surface area contributed by atoms with Crippen LogP contribution in [0.25, 0.3) is 0 Å². The first-order chi connectivity index (χ1) is 7.81. The van der Waals surface area contributed by atoms with E-state index < -0.39 is 0 Å². The van der Waals surface area contributed by atoms with Crippen molar-refractivity contribution in [3.8, 4) is 0 Å². The molecule has 0 spiro atoms. The summed E-state index contributed by atoms with van der Waals surface area (Å²) < 4.78 is 8.19. The Kier molecular flexibility index (Phi) is 4.37. The van der Waals surface area contributed by atoms with Crippen LogP contribution in [0.5, 0.6) is 0 Å². The van der Waals surface area contributed by atoms with Crippen molar-refractivity contribution in [3.05, 3.63) is 16.4 Å². The summed E-state index contributed by atoms with van der Waals surface area (Å²) >= 11 is 3.54. The molecule has 2 rings (SSSR count). The number of aromatic nitrogens is 2. The van der Waals surface area contributed by atoms with Crippen LogP contribution in [-0.2, 0) is 17.7 Å². The predicted octanol–water partition coefficient (Wildman–Crippen LogP) is 1.59. The van der Waals surface area contributed by atoms with Crippen molar-refractivity contribution < 1.29 is 4.74 Å². The highest BCUT2D eigenvalue weighted by atomic mass is 79.9. The second-order valence-electron chi connectivity index (χ2n) is 4.13. The fraction of sp³-hybridized carbons (Fsp3) is 0.727. The van der Waals surface area contributed by atoms with Crippen LogP contribution in [0, 0.1) is 0 Å². The lowest BCUT2D eigenvalue weighted by atomic mass is 10.3. The number of methoxy groups -OCH3 is 1. The number of halogens is 1. The molecular weight excluding hydrogens is 270 g/mol. The average molecular weight is 288 g/mol. The van der Waals surface area contributed by atoms with E-state index in [9.17, 15) is 0 Å². The van der Waals surface area contributed by atoms with E-state index in [-0.39, 0.29) is 0 Å². The van der Waals surface area contributed by atoms with Gasteiger partial charge in [0.15, 0.2) is 0 Å². The average Bonchev–Trinajstić information content (AvgIpc) is 3.03. The monoisotopic (exact) mass is 287 g/mol. The molecule has 1 heterocycles. The van der Waals surface area contributed by atoms with Crippen molar-refractivity contribution in [1.29, 1.82) is 0 Å². The summed E-state index contributed by atoms with van der Waals surface area (Å²) in [6.07, 6.45) is 5.55. The fourth-order valence-electron chi connectivity index (χ4n) is 1.69. The molecule has 4 nitrogen and oxygen atoms in total. The van der Waals surface area contributed by atoms with Crippen LogP contribution in [0.3, 0.4) is 0 Å². The number of ether oxygens (including phenoxy) is 1. The van der Waals surface area contributed by atoms with E-state index >= 15 is 0 Å².